The van der Waals surface area contributed by atoms with Crippen molar-refractivity contribution in [3.8, 4) is 0 Å². The minimum absolute atomic E-state index is 0.726. The van der Waals surface area contributed by atoms with E-state index in [-0.39, 0.29) is 0 Å². The molecule has 0 aromatic carbocycles. The predicted octanol–water partition coefficient (Wildman–Crippen LogP) is 0.942. The maximum Gasteiger partial charge on any atom is 0.0967 e. The van der Waals surface area contributed by atoms with Crippen LogP contribution in [-0.2, 0) is 26.7 Å². The second-order valence-electron chi connectivity index (χ2n) is 5.64. The van der Waals surface area contributed by atoms with Crippen LogP contribution >= 0.6 is 0 Å². The Bertz CT molecular complexity index is 627. The van der Waals surface area contributed by atoms with Gasteiger partial charge in [0.1, 0.15) is 0 Å². The number of hydrogen-bond donors (Lipinski definition) is 1. The Labute approximate surface area is 137 Å². The van der Waals surface area contributed by atoms with Gasteiger partial charge in [0.15, 0.2) is 0 Å². The Balaban J connectivity index is 2.06. The highest BCUT2D eigenvalue weighted by atomic mass is 15.4. The molecule has 0 unspecified atom stereocenters. The number of aromatic nitrogens is 6. The first kappa shape index (κ1) is 17.1. The van der Waals surface area contributed by atoms with E-state index in [0.717, 1.165) is 44.1 Å². The fourth-order valence-electron chi connectivity index (χ4n) is 2.33. The van der Waals surface area contributed by atoms with Crippen LogP contribution in [-0.4, -0.2) is 48.0 Å². The van der Waals surface area contributed by atoms with E-state index in [2.05, 4.69) is 57.8 Å². The van der Waals surface area contributed by atoms with Gasteiger partial charge in [-0.1, -0.05) is 10.4 Å². The zero-order valence-corrected chi connectivity index (χ0v) is 14.4. The van der Waals surface area contributed by atoms with Crippen LogP contribution in [0.2, 0.25) is 0 Å². The average molecular weight is 318 g/mol. The number of aryl methyl sites for hydroxylation is 2. The summed E-state index contributed by atoms with van der Waals surface area (Å²) in [6.07, 6.45) is 6.00. The van der Waals surface area contributed by atoms with Crippen LogP contribution in [0.15, 0.2) is 24.2 Å². The Kier molecular flexibility index (Phi) is 6.28. The van der Waals surface area contributed by atoms with Crippen molar-refractivity contribution in [2.24, 2.45) is 7.05 Å². The summed E-state index contributed by atoms with van der Waals surface area (Å²) in [6.45, 7) is 10.3. The first-order valence-electron chi connectivity index (χ1n) is 7.96. The molecular formula is C15H26N8. The van der Waals surface area contributed by atoms with Crippen molar-refractivity contribution in [1.29, 1.82) is 0 Å². The maximum absolute atomic E-state index is 4.24. The van der Waals surface area contributed by atoms with Gasteiger partial charge >= 0.3 is 0 Å². The molecule has 8 nitrogen and oxygen atoms in total. The van der Waals surface area contributed by atoms with Crippen molar-refractivity contribution in [1.82, 2.24) is 40.2 Å². The molecule has 0 radical (unpaired) electrons. The zero-order chi connectivity index (χ0) is 16.7. The summed E-state index contributed by atoms with van der Waals surface area (Å²) >= 11 is 0. The van der Waals surface area contributed by atoms with Crippen molar-refractivity contribution in [3.63, 3.8) is 0 Å². The van der Waals surface area contributed by atoms with E-state index in [1.807, 2.05) is 24.1 Å². The van der Waals surface area contributed by atoms with Crippen LogP contribution < -0.4 is 5.32 Å². The highest BCUT2D eigenvalue weighted by molar-refractivity contribution is 5.03. The Morgan fingerprint density at radius 1 is 1.17 bits per heavy atom. The van der Waals surface area contributed by atoms with Crippen molar-refractivity contribution in [2.75, 3.05) is 13.1 Å². The molecule has 0 aliphatic carbocycles. The van der Waals surface area contributed by atoms with Crippen molar-refractivity contribution in [2.45, 2.75) is 40.4 Å². The third-order valence-corrected chi connectivity index (χ3v) is 3.36. The number of nitrogens with zero attached hydrogens (tertiary/aromatic N) is 7. The second-order valence-corrected chi connectivity index (χ2v) is 5.64. The highest BCUT2D eigenvalue weighted by Crippen LogP contribution is 2.09. The molecule has 0 atom stereocenters. The summed E-state index contributed by atoms with van der Waals surface area (Å²) < 4.78 is 3.57. The SMILES string of the molecule is CCN/C=C(\C)CN(Cc1cn(C)nn1)Cc1cn(CC)nn1. The molecule has 126 valence electrons. The molecule has 8 heteroatoms. The van der Waals surface area contributed by atoms with Gasteiger partial charge in [-0.05, 0) is 32.5 Å². The van der Waals surface area contributed by atoms with Crippen molar-refractivity contribution >= 4 is 0 Å². The van der Waals surface area contributed by atoms with Gasteiger partial charge in [-0.15, -0.1) is 10.2 Å². The first-order chi connectivity index (χ1) is 11.1. The molecule has 0 amide bonds. The standard InChI is InChI=1S/C15H26N8/c1-5-16-7-13(3)8-22(10-14-9-21(4)19-17-14)11-15-12-23(6-2)20-18-15/h7,9,12,16H,5-6,8,10-11H2,1-4H3/b13-7+. The Hall–Kier alpha value is -2.22. The molecule has 0 bridgehead atoms. The molecule has 2 rings (SSSR count). The van der Waals surface area contributed by atoms with Crippen LogP contribution in [0.25, 0.3) is 0 Å². The normalized spacial score (nSPS) is 12.1. The van der Waals surface area contributed by atoms with E-state index < -0.39 is 0 Å². The lowest BCUT2D eigenvalue weighted by atomic mass is 10.2. The summed E-state index contributed by atoms with van der Waals surface area (Å²) in [5.41, 5.74) is 3.18. The molecule has 23 heavy (non-hydrogen) atoms. The molecule has 2 aromatic heterocycles. The lowest BCUT2D eigenvalue weighted by molar-refractivity contribution is 0.272. The fourth-order valence-corrected chi connectivity index (χ4v) is 2.33. The van der Waals surface area contributed by atoms with E-state index >= 15 is 0 Å². The van der Waals surface area contributed by atoms with E-state index in [1.165, 1.54) is 5.57 Å². The van der Waals surface area contributed by atoms with E-state index in [1.54, 1.807) is 4.68 Å². The minimum Gasteiger partial charge on any atom is -0.391 e. The van der Waals surface area contributed by atoms with E-state index in [0.29, 0.717) is 0 Å². The largest absolute Gasteiger partial charge is 0.391 e. The van der Waals surface area contributed by atoms with Gasteiger partial charge < -0.3 is 5.32 Å². The van der Waals surface area contributed by atoms with Crippen LogP contribution in [0, 0.1) is 0 Å². The molecule has 2 aromatic rings. The van der Waals surface area contributed by atoms with Gasteiger partial charge in [-0.2, -0.15) is 0 Å². The summed E-state index contributed by atoms with van der Waals surface area (Å²) in [4.78, 5) is 2.29. The predicted molar refractivity (Wildman–Crippen MR) is 88.2 cm³/mol. The molecule has 2 heterocycles. The number of hydrogen-bond acceptors (Lipinski definition) is 6. The van der Waals surface area contributed by atoms with E-state index in [9.17, 15) is 0 Å². The van der Waals surface area contributed by atoms with Crippen LogP contribution in [0.5, 0.6) is 0 Å². The average Bonchev–Trinajstić information content (AvgIpc) is 3.14. The monoisotopic (exact) mass is 318 g/mol. The van der Waals surface area contributed by atoms with Gasteiger partial charge in [-0.3, -0.25) is 14.3 Å². The maximum atomic E-state index is 4.24. The highest BCUT2D eigenvalue weighted by Gasteiger charge is 2.12. The summed E-state index contributed by atoms with van der Waals surface area (Å²) in [7, 11) is 1.88. The van der Waals surface area contributed by atoms with Gasteiger partial charge in [0, 0.05) is 52.2 Å². The molecule has 0 aliphatic heterocycles. The lowest BCUT2D eigenvalue weighted by Crippen LogP contribution is -2.26. The van der Waals surface area contributed by atoms with Crippen LogP contribution in [0.4, 0.5) is 0 Å². The molecule has 0 aliphatic rings. The molecular weight excluding hydrogens is 292 g/mol. The van der Waals surface area contributed by atoms with E-state index in [4.69, 9.17) is 0 Å². The van der Waals surface area contributed by atoms with Gasteiger partial charge in [-0.25, -0.2) is 0 Å². The Morgan fingerprint density at radius 3 is 2.43 bits per heavy atom. The van der Waals surface area contributed by atoms with Gasteiger partial charge in [0.25, 0.3) is 0 Å². The Morgan fingerprint density at radius 2 is 1.87 bits per heavy atom. The summed E-state index contributed by atoms with van der Waals surface area (Å²) in [6, 6.07) is 0. The number of nitrogens with one attached hydrogen (secondary N) is 1. The first-order valence-corrected chi connectivity index (χ1v) is 7.96. The fraction of sp³-hybridized carbons (Fsp3) is 0.600. The number of rotatable bonds is 9. The van der Waals surface area contributed by atoms with Crippen LogP contribution in [0.3, 0.4) is 0 Å². The third-order valence-electron chi connectivity index (χ3n) is 3.36. The second kappa shape index (κ2) is 8.42. The van der Waals surface area contributed by atoms with Crippen molar-refractivity contribution in [3.05, 3.63) is 35.6 Å². The smallest absolute Gasteiger partial charge is 0.0967 e. The summed E-state index contributed by atoms with van der Waals surface area (Å²) in [5.74, 6) is 0. The van der Waals surface area contributed by atoms with Crippen LogP contribution in [0.1, 0.15) is 32.2 Å². The lowest BCUT2D eigenvalue weighted by Gasteiger charge is -2.20. The quantitative estimate of drug-likeness (QED) is 0.741. The molecule has 0 fully saturated rings. The molecule has 0 saturated carbocycles. The van der Waals surface area contributed by atoms with Gasteiger partial charge in [0.2, 0.25) is 0 Å². The summed E-state index contributed by atoms with van der Waals surface area (Å²) in [5, 5.41) is 19.8. The van der Waals surface area contributed by atoms with Crippen molar-refractivity contribution < 1.29 is 0 Å². The minimum atomic E-state index is 0.726. The zero-order valence-electron chi connectivity index (χ0n) is 14.4. The molecule has 1 N–H and O–H groups in total. The van der Waals surface area contributed by atoms with Gasteiger partial charge in [0.05, 0.1) is 11.4 Å². The topological polar surface area (TPSA) is 76.7 Å². The molecule has 0 saturated heterocycles. The molecule has 0 spiro atoms. The third kappa shape index (κ3) is 5.48.